The summed E-state index contributed by atoms with van der Waals surface area (Å²) in [7, 11) is 0. The van der Waals surface area contributed by atoms with E-state index in [0.717, 1.165) is 11.0 Å². The van der Waals surface area contributed by atoms with Crippen LogP contribution in [0, 0.1) is 0 Å². The molecule has 1 aromatic heterocycles. The largest absolute Gasteiger partial charge is 2.00 e. The molecule has 2 nitrogen and oxygen atoms in total. The average Bonchev–Trinajstić information content (AvgIpc) is 2.27. The topological polar surface area (TPSA) is 27.0 Å². The monoisotopic (exact) mass is 212 g/mol. The van der Waals surface area contributed by atoms with Gasteiger partial charge in [0.2, 0.25) is 0 Å². The molecule has 0 saturated carbocycles. The molecule has 0 fully saturated rings. The first-order valence-corrected chi connectivity index (χ1v) is 3.33. The van der Waals surface area contributed by atoms with E-state index in [4.69, 9.17) is 12.6 Å². The van der Waals surface area contributed by atoms with Crippen molar-refractivity contribution in [3.8, 4) is 0 Å². The minimum Gasteiger partial charge on any atom is -0.789 e. The van der Waals surface area contributed by atoms with Crippen molar-refractivity contribution in [3.63, 3.8) is 0 Å². The molecule has 0 atom stereocenters. The molecule has 0 N–H and O–H groups in total. The van der Waals surface area contributed by atoms with Crippen LogP contribution in [-0.2, 0) is 32.1 Å². The van der Waals surface area contributed by atoms with Crippen molar-refractivity contribution in [1.82, 2.24) is 9.97 Å². The van der Waals surface area contributed by atoms with Gasteiger partial charge in [0.15, 0.2) is 0 Å². The van der Waals surface area contributed by atoms with Gasteiger partial charge >= 0.3 is 19.5 Å². The van der Waals surface area contributed by atoms with Gasteiger partial charge < -0.3 is 22.6 Å². The minimum atomic E-state index is 0. The van der Waals surface area contributed by atoms with Crippen LogP contribution >= 0.6 is 0 Å². The third-order valence-electron chi connectivity index (χ3n) is 1.31. The van der Waals surface area contributed by atoms with E-state index in [-0.39, 0.29) is 19.5 Å². The molecule has 0 radical (unpaired) electrons. The van der Waals surface area contributed by atoms with E-state index in [0.29, 0.717) is 5.16 Å². The number of nitrogens with zero attached hydrogens (tertiary/aromatic N) is 2. The second-order valence-corrected chi connectivity index (χ2v) is 2.36. The molecule has 0 aliphatic heterocycles. The van der Waals surface area contributed by atoms with Gasteiger partial charge in [-0.15, -0.1) is 0 Å². The number of hydrogen-bond donors (Lipinski definition) is 0. The van der Waals surface area contributed by atoms with Crippen molar-refractivity contribution in [2.75, 3.05) is 0 Å². The predicted octanol–water partition coefficient (Wildman–Crippen LogP) is 1.10. The van der Waals surface area contributed by atoms with Crippen LogP contribution in [0.25, 0.3) is 11.0 Å². The van der Waals surface area contributed by atoms with Gasteiger partial charge in [0.1, 0.15) is 0 Å². The van der Waals surface area contributed by atoms with Crippen LogP contribution in [-0.4, -0.2) is 4.98 Å². The number of rotatable bonds is 0. The predicted molar refractivity (Wildman–Crippen MR) is 40.7 cm³/mol. The number of fused-ring (bicyclic) bond motifs is 1. The first-order chi connectivity index (χ1) is 4.86. The molecule has 0 aliphatic rings. The second kappa shape index (κ2) is 3.29. The Bertz CT molecular complexity index is 325. The van der Waals surface area contributed by atoms with Gasteiger partial charge in [-0.25, -0.2) is 5.16 Å². The Morgan fingerprint density at radius 2 is 2.00 bits per heavy atom. The summed E-state index contributed by atoms with van der Waals surface area (Å²) in [5.74, 6) is 0. The van der Waals surface area contributed by atoms with Gasteiger partial charge in [-0.3, -0.25) is 0 Å². The molecule has 1 aromatic carbocycles. The molecule has 0 unspecified atom stereocenters. The molecular formula is C7H4N2SZn. The molecule has 0 saturated heterocycles. The van der Waals surface area contributed by atoms with Crippen molar-refractivity contribution >= 4 is 23.7 Å². The Morgan fingerprint density at radius 1 is 1.27 bits per heavy atom. The summed E-state index contributed by atoms with van der Waals surface area (Å²) in [6, 6.07) is 7.65. The summed E-state index contributed by atoms with van der Waals surface area (Å²) in [6.07, 6.45) is 0. The normalized spacial score (nSPS) is 9.45. The van der Waals surface area contributed by atoms with Gasteiger partial charge in [0.05, 0.1) is 0 Å². The fraction of sp³-hybridized carbons (Fsp3) is 0. The van der Waals surface area contributed by atoms with Crippen LogP contribution in [0.2, 0.25) is 0 Å². The molecule has 0 amide bonds. The third kappa shape index (κ3) is 1.58. The first-order valence-electron chi connectivity index (χ1n) is 2.93. The van der Waals surface area contributed by atoms with Crippen molar-refractivity contribution in [1.29, 1.82) is 0 Å². The van der Waals surface area contributed by atoms with Crippen LogP contribution in [0.5, 0.6) is 0 Å². The average molecular weight is 214 g/mol. The maximum absolute atomic E-state index is 4.79. The maximum Gasteiger partial charge on any atom is 2.00 e. The molecule has 0 bridgehead atoms. The Balaban J connectivity index is 0.000000605. The van der Waals surface area contributed by atoms with Gasteiger partial charge in [0, 0.05) is 0 Å². The van der Waals surface area contributed by atoms with E-state index in [9.17, 15) is 0 Å². The summed E-state index contributed by atoms with van der Waals surface area (Å²) < 4.78 is 0. The molecule has 0 spiro atoms. The molecule has 0 aliphatic carbocycles. The summed E-state index contributed by atoms with van der Waals surface area (Å²) in [6.45, 7) is 0. The number of para-hydroxylation sites is 2. The Hall–Kier alpha value is -0.467. The van der Waals surface area contributed by atoms with Crippen molar-refractivity contribution in [2.24, 2.45) is 0 Å². The zero-order valence-electron chi connectivity index (χ0n) is 5.82. The van der Waals surface area contributed by atoms with Gasteiger partial charge in [0.25, 0.3) is 0 Å². The number of aromatic nitrogens is 2. The third-order valence-corrected chi connectivity index (χ3v) is 1.50. The van der Waals surface area contributed by atoms with E-state index >= 15 is 0 Å². The molecule has 4 heteroatoms. The van der Waals surface area contributed by atoms with E-state index < -0.39 is 0 Å². The van der Waals surface area contributed by atoms with Crippen LogP contribution < -0.4 is 4.98 Å². The second-order valence-electron chi connectivity index (χ2n) is 1.99. The summed E-state index contributed by atoms with van der Waals surface area (Å²) >= 11 is 4.79. The molecule has 1 heterocycles. The Kier molecular flexibility index (Phi) is 2.58. The fourth-order valence-corrected chi connectivity index (χ4v) is 1.08. The van der Waals surface area contributed by atoms with Crippen LogP contribution in [0.4, 0.5) is 0 Å². The van der Waals surface area contributed by atoms with E-state index in [1.807, 2.05) is 24.3 Å². The van der Waals surface area contributed by atoms with Gasteiger partial charge in [-0.1, -0.05) is 24.3 Å². The smallest absolute Gasteiger partial charge is 0.789 e. The number of benzene rings is 1. The number of hydrogen-bond acceptors (Lipinski definition) is 2. The number of imidazole rings is 1. The van der Waals surface area contributed by atoms with E-state index in [1.54, 1.807) is 0 Å². The Labute approximate surface area is 82.6 Å². The molecule has 11 heavy (non-hydrogen) atoms. The zero-order chi connectivity index (χ0) is 6.97. The maximum atomic E-state index is 4.79. The Morgan fingerprint density at radius 3 is 2.73 bits per heavy atom. The first kappa shape index (κ1) is 8.63. The molecule has 2 rings (SSSR count). The standard InChI is InChI=1S/C7H5N2S.Zn/c10-7-8-5-3-1-2-4-6(5)9-7;/h1-4H,(H-,8,9,10);/q-1;+2/p-1. The van der Waals surface area contributed by atoms with Gasteiger partial charge in [-0.05, 0) is 11.0 Å². The van der Waals surface area contributed by atoms with Crippen LogP contribution in [0.15, 0.2) is 29.4 Å². The molecular weight excluding hydrogens is 210 g/mol. The summed E-state index contributed by atoms with van der Waals surface area (Å²) in [5, 5.41) is 0.432. The fourth-order valence-electron chi connectivity index (χ4n) is 0.884. The SMILES string of the molecule is [S-]c1nc2ccccc2[n-]1.[Zn+2]. The van der Waals surface area contributed by atoms with Crippen molar-refractivity contribution < 1.29 is 19.5 Å². The van der Waals surface area contributed by atoms with Crippen LogP contribution in [0.1, 0.15) is 0 Å². The van der Waals surface area contributed by atoms with Gasteiger partial charge in [-0.2, -0.15) is 0 Å². The van der Waals surface area contributed by atoms with Crippen LogP contribution in [0.3, 0.4) is 0 Å². The van der Waals surface area contributed by atoms with E-state index in [1.165, 1.54) is 0 Å². The van der Waals surface area contributed by atoms with Crippen molar-refractivity contribution in [2.45, 2.75) is 5.16 Å². The molecule has 2 aromatic rings. The minimum absolute atomic E-state index is 0. The molecule has 50 valence electrons. The zero-order valence-corrected chi connectivity index (χ0v) is 9.60. The quantitative estimate of drug-likeness (QED) is 0.484. The van der Waals surface area contributed by atoms with E-state index in [2.05, 4.69) is 9.97 Å². The summed E-state index contributed by atoms with van der Waals surface area (Å²) in [4.78, 5) is 8.03. The summed E-state index contributed by atoms with van der Waals surface area (Å²) in [5.41, 5.74) is 1.76. The van der Waals surface area contributed by atoms with Crippen molar-refractivity contribution in [3.05, 3.63) is 24.3 Å².